The molecule has 1 aromatic carbocycles. The first-order valence-corrected chi connectivity index (χ1v) is 7.22. The number of rotatable bonds is 4. The number of nitrogens with zero attached hydrogens (tertiary/aromatic N) is 2. The lowest BCUT2D eigenvalue weighted by Crippen LogP contribution is -2.14. The molecular weight excluding hydrogens is 290 g/mol. The molecule has 0 saturated heterocycles. The molecule has 0 bridgehead atoms. The topological polar surface area (TPSA) is 69.0 Å². The highest BCUT2D eigenvalue weighted by Crippen LogP contribution is 2.25. The van der Waals surface area contributed by atoms with Gasteiger partial charge in [0.05, 0.1) is 18.1 Å². The van der Waals surface area contributed by atoms with Crippen LogP contribution in [-0.2, 0) is 10.0 Å². The third-order valence-corrected chi connectivity index (χ3v) is 4.24. The summed E-state index contributed by atoms with van der Waals surface area (Å²) < 4.78 is 50.3. The maximum Gasteiger partial charge on any atom is 0.253 e. The van der Waals surface area contributed by atoms with E-state index in [1.807, 2.05) is 0 Å². The van der Waals surface area contributed by atoms with Gasteiger partial charge in [0.1, 0.15) is 0 Å². The molecule has 0 N–H and O–H groups in total. The van der Waals surface area contributed by atoms with Gasteiger partial charge in [0.25, 0.3) is 10.0 Å². The summed E-state index contributed by atoms with van der Waals surface area (Å²) in [4.78, 5) is 10.9. The van der Waals surface area contributed by atoms with E-state index in [0.717, 1.165) is 22.4 Å². The molecule has 0 radical (unpaired) electrons. The predicted molar refractivity (Wildman–Crippen MR) is 67.8 cm³/mol. The summed E-state index contributed by atoms with van der Waals surface area (Å²) in [5, 5.41) is 3.66. The number of hydrogen-bond acceptors (Lipinski definition) is 4. The predicted octanol–water partition coefficient (Wildman–Crippen LogP) is 1.84. The Morgan fingerprint density at radius 2 is 1.95 bits per heavy atom. The van der Waals surface area contributed by atoms with Gasteiger partial charge < -0.3 is 0 Å². The van der Waals surface area contributed by atoms with E-state index >= 15 is 0 Å². The minimum Gasteiger partial charge on any atom is -0.298 e. The first kappa shape index (κ1) is 14.3. The molecule has 8 heteroatoms. The molecule has 0 spiro atoms. The summed E-state index contributed by atoms with van der Waals surface area (Å²) >= 11 is 0. The SMILES string of the molecule is CCS(=O)(=O)n1cc(-c2cc(F)c(F)cc2C=O)cn1. The van der Waals surface area contributed by atoms with Crippen LogP contribution in [0.15, 0.2) is 24.5 Å². The van der Waals surface area contributed by atoms with E-state index in [1.54, 1.807) is 0 Å². The molecule has 1 heterocycles. The summed E-state index contributed by atoms with van der Waals surface area (Å²) in [6.45, 7) is 1.45. The summed E-state index contributed by atoms with van der Waals surface area (Å²) in [6, 6.07) is 1.59. The largest absolute Gasteiger partial charge is 0.298 e. The standard InChI is InChI=1S/C12H10F2N2O3S/c1-2-20(18,19)16-6-9(5-15-16)10-4-12(14)11(13)3-8(10)7-17/h3-7H,2H2,1H3. The van der Waals surface area contributed by atoms with Crippen LogP contribution in [0, 0.1) is 11.6 Å². The van der Waals surface area contributed by atoms with Gasteiger partial charge in [-0.15, -0.1) is 0 Å². The fraction of sp³-hybridized carbons (Fsp3) is 0.167. The van der Waals surface area contributed by atoms with E-state index in [-0.39, 0.29) is 22.4 Å². The second kappa shape index (κ2) is 5.12. The molecule has 2 aromatic rings. The molecule has 1 aromatic heterocycles. The second-order valence-electron chi connectivity index (χ2n) is 3.97. The van der Waals surface area contributed by atoms with Gasteiger partial charge in [0, 0.05) is 11.1 Å². The molecular formula is C12H10F2N2O3S. The third kappa shape index (κ3) is 2.46. The Balaban J connectivity index is 2.58. The van der Waals surface area contributed by atoms with E-state index in [1.165, 1.54) is 13.1 Å². The van der Waals surface area contributed by atoms with Crippen molar-refractivity contribution in [3.63, 3.8) is 0 Å². The maximum atomic E-state index is 13.3. The third-order valence-electron chi connectivity index (χ3n) is 2.74. The van der Waals surface area contributed by atoms with Crippen molar-refractivity contribution in [2.24, 2.45) is 0 Å². The lowest BCUT2D eigenvalue weighted by Gasteiger charge is -2.03. The molecule has 0 unspecified atom stereocenters. The first-order valence-electron chi connectivity index (χ1n) is 5.61. The highest BCUT2D eigenvalue weighted by atomic mass is 32.2. The zero-order valence-corrected chi connectivity index (χ0v) is 11.2. The molecule has 0 atom stereocenters. The van der Waals surface area contributed by atoms with Gasteiger partial charge in [-0.3, -0.25) is 4.79 Å². The Morgan fingerprint density at radius 1 is 1.30 bits per heavy atom. The van der Waals surface area contributed by atoms with Crippen LogP contribution in [0.3, 0.4) is 0 Å². The van der Waals surface area contributed by atoms with Gasteiger partial charge in [-0.05, 0) is 24.6 Å². The molecule has 0 amide bonds. The monoisotopic (exact) mass is 300 g/mol. The molecule has 106 valence electrons. The Labute approximate surface area is 113 Å². The fourth-order valence-corrected chi connectivity index (χ4v) is 2.37. The number of halogens is 2. The van der Waals surface area contributed by atoms with E-state index < -0.39 is 21.7 Å². The van der Waals surface area contributed by atoms with E-state index in [2.05, 4.69) is 5.10 Å². The fourth-order valence-electron chi connectivity index (χ4n) is 1.64. The minimum atomic E-state index is -3.57. The number of hydrogen-bond donors (Lipinski definition) is 0. The average molecular weight is 300 g/mol. The number of aldehydes is 1. The lowest BCUT2D eigenvalue weighted by atomic mass is 10.0. The van der Waals surface area contributed by atoms with Crippen molar-refractivity contribution in [1.82, 2.24) is 9.19 Å². The van der Waals surface area contributed by atoms with E-state index in [9.17, 15) is 22.0 Å². The van der Waals surface area contributed by atoms with E-state index in [0.29, 0.717) is 6.29 Å². The molecule has 0 fully saturated rings. The number of aromatic nitrogens is 2. The zero-order valence-electron chi connectivity index (χ0n) is 10.4. The van der Waals surface area contributed by atoms with Crippen LogP contribution in [-0.4, -0.2) is 29.6 Å². The smallest absolute Gasteiger partial charge is 0.253 e. The van der Waals surface area contributed by atoms with Crippen LogP contribution >= 0.6 is 0 Å². The summed E-state index contributed by atoms with van der Waals surface area (Å²) in [6.07, 6.45) is 2.69. The van der Waals surface area contributed by atoms with Crippen molar-refractivity contribution in [1.29, 1.82) is 0 Å². The quantitative estimate of drug-likeness (QED) is 0.808. The van der Waals surface area contributed by atoms with Crippen LogP contribution in [0.4, 0.5) is 8.78 Å². The van der Waals surface area contributed by atoms with Crippen molar-refractivity contribution < 1.29 is 22.0 Å². The van der Waals surface area contributed by atoms with Crippen molar-refractivity contribution in [2.75, 3.05) is 5.75 Å². The van der Waals surface area contributed by atoms with Gasteiger partial charge in [-0.25, -0.2) is 17.2 Å². The second-order valence-corrected chi connectivity index (χ2v) is 6.09. The molecule has 20 heavy (non-hydrogen) atoms. The Morgan fingerprint density at radius 3 is 2.55 bits per heavy atom. The number of carbonyl (C=O) groups excluding carboxylic acids is 1. The van der Waals surface area contributed by atoms with Gasteiger partial charge in [0.2, 0.25) is 0 Å². The summed E-state index contributed by atoms with van der Waals surface area (Å²) in [5.74, 6) is -2.44. The molecule has 0 saturated carbocycles. The highest BCUT2D eigenvalue weighted by molar-refractivity contribution is 7.89. The van der Waals surface area contributed by atoms with Crippen molar-refractivity contribution in [2.45, 2.75) is 6.92 Å². The average Bonchev–Trinajstić information content (AvgIpc) is 2.91. The first-order chi connectivity index (χ1) is 9.39. The molecule has 5 nitrogen and oxygen atoms in total. The van der Waals surface area contributed by atoms with Gasteiger partial charge in [-0.2, -0.15) is 9.19 Å². The normalized spacial score (nSPS) is 11.6. The molecule has 0 aliphatic carbocycles. The van der Waals surface area contributed by atoms with Crippen molar-refractivity contribution in [3.05, 3.63) is 41.7 Å². The zero-order chi connectivity index (χ0) is 14.9. The van der Waals surface area contributed by atoms with Crippen molar-refractivity contribution >= 4 is 16.3 Å². The van der Waals surface area contributed by atoms with Gasteiger partial charge in [0.15, 0.2) is 17.9 Å². The highest BCUT2D eigenvalue weighted by Gasteiger charge is 2.16. The Bertz CT molecular complexity index is 769. The Hall–Kier alpha value is -2.09. The molecule has 0 aliphatic rings. The minimum absolute atomic E-state index is 0.0800. The number of benzene rings is 1. The Kier molecular flexibility index (Phi) is 3.67. The van der Waals surface area contributed by atoms with Crippen LogP contribution in [0.5, 0.6) is 0 Å². The molecule has 2 rings (SSSR count). The molecule has 0 aliphatic heterocycles. The maximum absolute atomic E-state index is 13.3. The van der Waals surface area contributed by atoms with Crippen molar-refractivity contribution in [3.8, 4) is 11.1 Å². The summed E-state index contributed by atoms with van der Waals surface area (Å²) in [5.41, 5.74) is 0.205. The van der Waals surface area contributed by atoms with Crippen LogP contribution < -0.4 is 0 Å². The van der Waals surface area contributed by atoms with Crippen LogP contribution in [0.1, 0.15) is 17.3 Å². The van der Waals surface area contributed by atoms with Crippen LogP contribution in [0.25, 0.3) is 11.1 Å². The van der Waals surface area contributed by atoms with Gasteiger partial charge in [-0.1, -0.05) is 0 Å². The van der Waals surface area contributed by atoms with Crippen LogP contribution in [0.2, 0.25) is 0 Å². The van der Waals surface area contributed by atoms with Gasteiger partial charge >= 0.3 is 0 Å². The van der Waals surface area contributed by atoms with E-state index in [4.69, 9.17) is 0 Å². The number of carbonyl (C=O) groups is 1. The summed E-state index contributed by atoms with van der Waals surface area (Å²) in [7, 11) is -3.57. The lowest BCUT2D eigenvalue weighted by molar-refractivity contribution is 0.112.